The SMILES string of the molecule is Cc1oc(C)c(C(=O)NCCNC(=O)C2CC2)c1C. The van der Waals surface area contributed by atoms with Crippen molar-refractivity contribution in [2.75, 3.05) is 13.1 Å². The molecule has 19 heavy (non-hydrogen) atoms. The first-order valence-corrected chi connectivity index (χ1v) is 6.63. The summed E-state index contributed by atoms with van der Waals surface area (Å²) in [4.78, 5) is 23.4. The Morgan fingerprint density at radius 3 is 2.26 bits per heavy atom. The van der Waals surface area contributed by atoms with E-state index in [1.54, 1.807) is 6.92 Å². The molecule has 0 saturated heterocycles. The molecule has 1 heterocycles. The monoisotopic (exact) mass is 264 g/mol. The molecule has 2 rings (SSSR count). The van der Waals surface area contributed by atoms with Crippen LogP contribution in [0.2, 0.25) is 0 Å². The molecular weight excluding hydrogens is 244 g/mol. The van der Waals surface area contributed by atoms with E-state index in [1.165, 1.54) is 0 Å². The molecule has 2 amide bonds. The van der Waals surface area contributed by atoms with Gasteiger partial charge in [-0.3, -0.25) is 9.59 Å². The van der Waals surface area contributed by atoms with Gasteiger partial charge in [0.1, 0.15) is 11.5 Å². The molecule has 5 nitrogen and oxygen atoms in total. The number of nitrogens with one attached hydrogen (secondary N) is 2. The second kappa shape index (κ2) is 5.47. The Labute approximate surface area is 112 Å². The highest BCUT2D eigenvalue weighted by Crippen LogP contribution is 2.28. The number of carbonyl (C=O) groups is 2. The van der Waals surface area contributed by atoms with Gasteiger partial charge in [-0.25, -0.2) is 0 Å². The maximum atomic E-state index is 12.0. The second-order valence-electron chi connectivity index (χ2n) is 5.04. The number of hydrogen-bond donors (Lipinski definition) is 2. The van der Waals surface area contributed by atoms with Crippen LogP contribution >= 0.6 is 0 Å². The summed E-state index contributed by atoms with van der Waals surface area (Å²) < 4.78 is 5.42. The van der Waals surface area contributed by atoms with Gasteiger partial charge < -0.3 is 15.1 Å². The van der Waals surface area contributed by atoms with E-state index >= 15 is 0 Å². The zero-order chi connectivity index (χ0) is 14.0. The van der Waals surface area contributed by atoms with E-state index in [-0.39, 0.29) is 17.7 Å². The molecule has 0 spiro atoms. The van der Waals surface area contributed by atoms with Crippen molar-refractivity contribution >= 4 is 11.8 Å². The fraction of sp³-hybridized carbons (Fsp3) is 0.571. The van der Waals surface area contributed by atoms with Crippen molar-refractivity contribution in [2.45, 2.75) is 33.6 Å². The molecule has 0 unspecified atom stereocenters. The molecule has 1 aliphatic carbocycles. The van der Waals surface area contributed by atoms with E-state index in [2.05, 4.69) is 10.6 Å². The van der Waals surface area contributed by atoms with Crippen LogP contribution in [0, 0.1) is 26.7 Å². The molecule has 0 bridgehead atoms. The fourth-order valence-electron chi connectivity index (χ4n) is 2.07. The van der Waals surface area contributed by atoms with E-state index in [9.17, 15) is 9.59 Å². The lowest BCUT2D eigenvalue weighted by atomic mass is 10.1. The topological polar surface area (TPSA) is 71.3 Å². The van der Waals surface area contributed by atoms with Crippen LogP contribution in [0.25, 0.3) is 0 Å². The Morgan fingerprint density at radius 1 is 1.11 bits per heavy atom. The van der Waals surface area contributed by atoms with Crippen molar-refractivity contribution in [3.05, 3.63) is 22.6 Å². The number of hydrogen-bond acceptors (Lipinski definition) is 3. The van der Waals surface area contributed by atoms with Crippen LogP contribution in [-0.4, -0.2) is 24.9 Å². The summed E-state index contributed by atoms with van der Waals surface area (Å²) in [5.74, 6) is 1.56. The lowest BCUT2D eigenvalue weighted by molar-refractivity contribution is -0.122. The van der Waals surface area contributed by atoms with Crippen molar-refractivity contribution in [1.82, 2.24) is 10.6 Å². The van der Waals surface area contributed by atoms with Crippen molar-refractivity contribution in [1.29, 1.82) is 0 Å². The smallest absolute Gasteiger partial charge is 0.255 e. The number of amides is 2. The first-order valence-electron chi connectivity index (χ1n) is 6.63. The zero-order valence-corrected chi connectivity index (χ0v) is 11.6. The first-order chi connectivity index (χ1) is 9.00. The summed E-state index contributed by atoms with van der Waals surface area (Å²) in [6, 6.07) is 0. The molecule has 1 aliphatic rings. The molecule has 1 saturated carbocycles. The largest absolute Gasteiger partial charge is 0.466 e. The van der Waals surface area contributed by atoms with Crippen LogP contribution in [0.3, 0.4) is 0 Å². The molecule has 0 radical (unpaired) electrons. The summed E-state index contributed by atoms with van der Waals surface area (Å²) in [5, 5.41) is 5.60. The number of furan rings is 1. The Balaban J connectivity index is 1.79. The average Bonchev–Trinajstić information content (AvgIpc) is 3.14. The van der Waals surface area contributed by atoms with Gasteiger partial charge >= 0.3 is 0 Å². The molecule has 0 aromatic carbocycles. The Kier molecular flexibility index (Phi) is 3.93. The third-order valence-corrected chi connectivity index (χ3v) is 3.45. The number of rotatable bonds is 5. The van der Waals surface area contributed by atoms with E-state index in [4.69, 9.17) is 4.42 Å². The molecule has 1 aromatic rings. The van der Waals surface area contributed by atoms with Crippen LogP contribution in [0.15, 0.2) is 4.42 Å². The van der Waals surface area contributed by atoms with E-state index in [0.717, 1.165) is 24.2 Å². The molecular formula is C14H20N2O3. The summed E-state index contributed by atoms with van der Waals surface area (Å²) in [7, 11) is 0. The lowest BCUT2D eigenvalue weighted by Gasteiger charge is -2.06. The highest BCUT2D eigenvalue weighted by atomic mass is 16.3. The Hall–Kier alpha value is -1.78. The third kappa shape index (κ3) is 3.16. The summed E-state index contributed by atoms with van der Waals surface area (Å²) in [6.45, 7) is 6.39. The molecule has 1 aromatic heterocycles. The lowest BCUT2D eigenvalue weighted by Crippen LogP contribution is -2.35. The number of aryl methyl sites for hydroxylation is 2. The van der Waals surface area contributed by atoms with Gasteiger partial charge in [-0.15, -0.1) is 0 Å². The predicted octanol–water partition coefficient (Wildman–Crippen LogP) is 1.46. The molecule has 5 heteroatoms. The minimum atomic E-state index is -0.146. The maximum absolute atomic E-state index is 12.0. The normalized spacial score (nSPS) is 14.3. The minimum Gasteiger partial charge on any atom is -0.466 e. The van der Waals surface area contributed by atoms with Crippen molar-refractivity contribution in [3.63, 3.8) is 0 Å². The van der Waals surface area contributed by atoms with Gasteiger partial charge in [-0.1, -0.05) is 0 Å². The highest BCUT2D eigenvalue weighted by molar-refractivity contribution is 5.96. The van der Waals surface area contributed by atoms with Crippen LogP contribution < -0.4 is 10.6 Å². The summed E-state index contributed by atoms with van der Waals surface area (Å²) in [6.07, 6.45) is 1.98. The van der Waals surface area contributed by atoms with Crippen LogP contribution in [0.5, 0.6) is 0 Å². The standard InChI is InChI=1S/C14H20N2O3/c1-8-9(2)19-10(3)12(8)14(18)16-7-6-15-13(17)11-4-5-11/h11H,4-7H2,1-3H3,(H,15,17)(H,16,18). The molecule has 104 valence electrons. The van der Waals surface area contributed by atoms with Gasteiger partial charge in [-0.2, -0.15) is 0 Å². The summed E-state index contributed by atoms with van der Waals surface area (Å²) >= 11 is 0. The molecule has 1 fully saturated rings. The zero-order valence-electron chi connectivity index (χ0n) is 11.6. The van der Waals surface area contributed by atoms with Crippen molar-refractivity contribution in [3.8, 4) is 0 Å². The van der Waals surface area contributed by atoms with E-state index in [1.807, 2.05) is 13.8 Å². The van der Waals surface area contributed by atoms with Gasteiger partial charge in [0.25, 0.3) is 5.91 Å². The van der Waals surface area contributed by atoms with Crippen LogP contribution in [0.4, 0.5) is 0 Å². The second-order valence-corrected chi connectivity index (χ2v) is 5.04. The first kappa shape index (κ1) is 13.6. The van der Waals surface area contributed by atoms with Crippen LogP contribution in [0.1, 0.15) is 40.3 Å². The average molecular weight is 264 g/mol. The van der Waals surface area contributed by atoms with Gasteiger partial charge in [-0.05, 0) is 33.6 Å². The van der Waals surface area contributed by atoms with E-state index < -0.39 is 0 Å². The fourth-order valence-corrected chi connectivity index (χ4v) is 2.07. The minimum absolute atomic E-state index is 0.0979. The summed E-state index contributed by atoms with van der Waals surface area (Å²) in [5.41, 5.74) is 1.48. The third-order valence-electron chi connectivity index (χ3n) is 3.45. The van der Waals surface area contributed by atoms with E-state index in [0.29, 0.717) is 24.4 Å². The Bertz CT molecular complexity index is 501. The highest BCUT2D eigenvalue weighted by Gasteiger charge is 2.29. The quantitative estimate of drug-likeness (QED) is 0.791. The predicted molar refractivity (Wildman–Crippen MR) is 71.0 cm³/mol. The Morgan fingerprint density at radius 2 is 1.74 bits per heavy atom. The number of carbonyl (C=O) groups excluding carboxylic acids is 2. The molecule has 2 N–H and O–H groups in total. The van der Waals surface area contributed by atoms with Crippen molar-refractivity contribution < 1.29 is 14.0 Å². The van der Waals surface area contributed by atoms with Gasteiger partial charge in [0.05, 0.1) is 5.56 Å². The van der Waals surface area contributed by atoms with Crippen molar-refractivity contribution in [2.24, 2.45) is 5.92 Å². The van der Waals surface area contributed by atoms with Gasteiger partial charge in [0, 0.05) is 24.6 Å². The maximum Gasteiger partial charge on any atom is 0.255 e. The molecule has 0 aliphatic heterocycles. The molecule has 0 atom stereocenters. The van der Waals surface area contributed by atoms with Gasteiger partial charge in [0.2, 0.25) is 5.91 Å². The van der Waals surface area contributed by atoms with Crippen LogP contribution in [-0.2, 0) is 4.79 Å². The van der Waals surface area contributed by atoms with Gasteiger partial charge in [0.15, 0.2) is 0 Å².